The summed E-state index contributed by atoms with van der Waals surface area (Å²) in [5.41, 5.74) is 0.0817. The van der Waals surface area contributed by atoms with E-state index in [-0.39, 0.29) is 12.1 Å². The van der Waals surface area contributed by atoms with Crippen molar-refractivity contribution in [2.24, 2.45) is 0 Å². The van der Waals surface area contributed by atoms with E-state index in [1.54, 1.807) is 31.2 Å². The molecule has 2 rings (SSSR count). The maximum absolute atomic E-state index is 11.5. The van der Waals surface area contributed by atoms with E-state index in [0.29, 0.717) is 17.3 Å². The molecule has 0 spiro atoms. The highest BCUT2D eigenvalue weighted by molar-refractivity contribution is 5.88. The molecule has 2 N–H and O–H groups in total. The highest BCUT2D eigenvalue weighted by Crippen LogP contribution is 2.14. The lowest BCUT2D eigenvalue weighted by molar-refractivity contribution is 0.0695. The summed E-state index contributed by atoms with van der Waals surface area (Å²) in [6, 6.07) is 9.98. The van der Waals surface area contributed by atoms with Gasteiger partial charge in [0.25, 0.3) is 0 Å². The van der Waals surface area contributed by atoms with E-state index in [0.717, 1.165) is 0 Å². The normalized spacial score (nSPS) is 10.1. The molecule has 1 amide bonds. The second-order valence-corrected chi connectivity index (χ2v) is 4.04. The standard InChI is InChI=1S/C14H13NO5/c1-9-12(13(16)17)7-11(19-9)8-15-14(18)20-10-5-3-2-4-6-10/h2-7H,8H2,1H3,(H,15,18)(H,16,17). The first-order valence-corrected chi connectivity index (χ1v) is 5.89. The van der Waals surface area contributed by atoms with Crippen molar-refractivity contribution >= 4 is 12.1 Å². The van der Waals surface area contributed by atoms with Crippen LogP contribution in [0.4, 0.5) is 4.79 Å². The molecule has 0 aliphatic rings. The van der Waals surface area contributed by atoms with Gasteiger partial charge in [-0.25, -0.2) is 9.59 Å². The van der Waals surface area contributed by atoms with E-state index in [4.69, 9.17) is 14.3 Å². The fourth-order valence-corrected chi connectivity index (χ4v) is 1.63. The van der Waals surface area contributed by atoms with Crippen LogP contribution in [0.1, 0.15) is 21.9 Å². The third-order valence-corrected chi connectivity index (χ3v) is 2.56. The number of ether oxygens (including phenoxy) is 1. The van der Waals surface area contributed by atoms with Gasteiger partial charge in [0.05, 0.1) is 6.54 Å². The Balaban J connectivity index is 1.90. The van der Waals surface area contributed by atoms with Crippen molar-refractivity contribution in [3.8, 4) is 5.75 Å². The van der Waals surface area contributed by atoms with Crippen molar-refractivity contribution in [3.63, 3.8) is 0 Å². The molecule has 0 saturated carbocycles. The summed E-state index contributed by atoms with van der Waals surface area (Å²) in [7, 11) is 0. The number of hydrogen-bond acceptors (Lipinski definition) is 4. The molecule has 104 valence electrons. The monoisotopic (exact) mass is 275 g/mol. The van der Waals surface area contributed by atoms with Crippen LogP contribution < -0.4 is 10.1 Å². The molecule has 0 aliphatic heterocycles. The molecule has 2 aromatic rings. The Morgan fingerprint density at radius 3 is 2.60 bits per heavy atom. The average molecular weight is 275 g/mol. The van der Waals surface area contributed by atoms with Crippen LogP contribution in [0.3, 0.4) is 0 Å². The van der Waals surface area contributed by atoms with E-state index in [9.17, 15) is 9.59 Å². The van der Waals surface area contributed by atoms with Gasteiger partial charge in [0.15, 0.2) is 0 Å². The second-order valence-electron chi connectivity index (χ2n) is 4.04. The molecule has 0 atom stereocenters. The van der Waals surface area contributed by atoms with Gasteiger partial charge in [-0.05, 0) is 25.1 Å². The maximum Gasteiger partial charge on any atom is 0.412 e. The van der Waals surface area contributed by atoms with Crippen molar-refractivity contribution in [3.05, 3.63) is 53.5 Å². The second kappa shape index (κ2) is 5.92. The van der Waals surface area contributed by atoms with Crippen LogP contribution in [-0.4, -0.2) is 17.2 Å². The van der Waals surface area contributed by atoms with Gasteiger partial charge in [-0.2, -0.15) is 0 Å². The van der Waals surface area contributed by atoms with Gasteiger partial charge in [-0.15, -0.1) is 0 Å². The van der Waals surface area contributed by atoms with Crippen molar-refractivity contribution < 1.29 is 23.8 Å². The Kier molecular flexibility index (Phi) is 4.05. The van der Waals surface area contributed by atoms with Gasteiger partial charge in [0.1, 0.15) is 22.8 Å². The lowest BCUT2D eigenvalue weighted by atomic mass is 10.2. The predicted molar refractivity (Wildman–Crippen MR) is 69.7 cm³/mol. The zero-order valence-corrected chi connectivity index (χ0v) is 10.8. The van der Waals surface area contributed by atoms with E-state index < -0.39 is 12.1 Å². The summed E-state index contributed by atoms with van der Waals surface area (Å²) in [5, 5.41) is 11.4. The molecule has 20 heavy (non-hydrogen) atoms. The lowest BCUT2D eigenvalue weighted by Crippen LogP contribution is -2.26. The summed E-state index contributed by atoms with van der Waals surface area (Å²) in [6.45, 7) is 1.61. The van der Waals surface area contributed by atoms with Gasteiger partial charge in [0.2, 0.25) is 0 Å². The molecule has 1 heterocycles. The Labute approximate surface area is 115 Å². The van der Waals surface area contributed by atoms with E-state index in [1.807, 2.05) is 6.07 Å². The lowest BCUT2D eigenvalue weighted by Gasteiger charge is -2.04. The fourth-order valence-electron chi connectivity index (χ4n) is 1.63. The van der Waals surface area contributed by atoms with Crippen LogP contribution in [0.5, 0.6) is 5.75 Å². The number of hydrogen-bond donors (Lipinski definition) is 2. The number of carbonyl (C=O) groups is 2. The number of carbonyl (C=O) groups excluding carboxylic acids is 1. The molecule has 0 fully saturated rings. The molecule has 0 radical (unpaired) electrons. The van der Waals surface area contributed by atoms with Gasteiger partial charge >= 0.3 is 12.1 Å². The minimum absolute atomic E-state index is 0.0553. The van der Waals surface area contributed by atoms with Crippen LogP contribution >= 0.6 is 0 Å². The van der Waals surface area contributed by atoms with E-state index in [2.05, 4.69) is 5.32 Å². The van der Waals surface area contributed by atoms with Crippen LogP contribution in [0.2, 0.25) is 0 Å². The Bertz CT molecular complexity index is 618. The number of aryl methyl sites for hydroxylation is 1. The smallest absolute Gasteiger partial charge is 0.412 e. The van der Waals surface area contributed by atoms with Crippen LogP contribution in [0, 0.1) is 6.92 Å². The predicted octanol–water partition coefficient (Wildman–Crippen LogP) is 2.57. The Morgan fingerprint density at radius 1 is 1.30 bits per heavy atom. The quantitative estimate of drug-likeness (QED) is 0.895. The number of rotatable bonds is 4. The van der Waals surface area contributed by atoms with Gasteiger partial charge in [0, 0.05) is 0 Å². The van der Waals surface area contributed by atoms with Crippen molar-refractivity contribution in [2.75, 3.05) is 0 Å². The number of carboxylic acids is 1. The molecular weight excluding hydrogens is 262 g/mol. The summed E-state index contributed by atoms with van der Waals surface area (Å²) >= 11 is 0. The molecule has 0 saturated heterocycles. The SMILES string of the molecule is Cc1oc(CNC(=O)Oc2ccccc2)cc1C(=O)O. The third-order valence-electron chi connectivity index (χ3n) is 2.56. The van der Waals surface area contributed by atoms with Crippen molar-refractivity contribution in [1.82, 2.24) is 5.32 Å². The maximum atomic E-state index is 11.5. The summed E-state index contributed by atoms with van der Waals surface area (Å²) in [5.74, 6) is 0.00634. The van der Waals surface area contributed by atoms with E-state index in [1.165, 1.54) is 6.07 Å². The summed E-state index contributed by atoms with van der Waals surface area (Å²) < 4.78 is 10.2. The Hall–Kier alpha value is -2.76. The number of carboxylic acid groups (broad SMARTS) is 1. The molecular formula is C14H13NO5. The number of benzene rings is 1. The number of aromatic carboxylic acids is 1. The number of para-hydroxylation sites is 1. The van der Waals surface area contributed by atoms with Gasteiger partial charge in [-0.3, -0.25) is 0 Å². The fraction of sp³-hybridized carbons (Fsp3) is 0.143. The first-order chi connectivity index (χ1) is 9.56. The first kappa shape index (κ1) is 13.7. The molecule has 0 aliphatic carbocycles. The molecule has 0 unspecified atom stereocenters. The van der Waals surface area contributed by atoms with Crippen LogP contribution in [0.25, 0.3) is 0 Å². The minimum atomic E-state index is -1.07. The zero-order valence-electron chi connectivity index (χ0n) is 10.8. The van der Waals surface area contributed by atoms with Crippen molar-refractivity contribution in [1.29, 1.82) is 0 Å². The highest BCUT2D eigenvalue weighted by Gasteiger charge is 2.14. The molecule has 1 aromatic heterocycles. The molecule has 6 nitrogen and oxygen atoms in total. The molecule has 6 heteroatoms. The van der Waals surface area contributed by atoms with Crippen LogP contribution in [0.15, 0.2) is 40.8 Å². The van der Waals surface area contributed by atoms with Crippen molar-refractivity contribution in [2.45, 2.75) is 13.5 Å². The first-order valence-electron chi connectivity index (χ1n) is 5.89. The average Bonchev–Trinajstić information content (AvgIpc) is 2.79. The molecule has 0 bridgehead atoms. The topological polar surface area (TPSA) is 88.8 Å². The van der Waals surface area contributed by atoms with Crippen LogP contribution in [-0.2, 0) is 6.54 Å². The largest absolute Gasteiger partial charge is 0.478 e. The number of nitrogens with one attached hydrogen (secondary N) is 1. The zero-order chi connectivity index (χ0) is 14.5. The molecule has 1 aromatic carbocycles. The minimum Gasteiger partial charge on any atom is -0.478 e. The number of amides is 1. The number of furan rings is 1. The Morgan fingerprint density at radius 2 is 2.00 bits per heavy atom. The van der Waals surface area contributed by atoms with E-state index >= 15 is 0 Å². The third kappa shape index (κ3) is 3.38. The summed E-state index contributed by atoms with van der Waals surface area (Å²) in [4.78, 5) is 22.4. The highest BCUT2D eigenvalue weighted by atomic mass is 16.6. The van der Waals surface area contributed by atoms with Gasteiger partial charge in [-0.1, -0.05) is 18.2 Å². The summed E-state index contributed by atoms with van der Waals surface area (Å²) in [6.07, 6.45) is -0.637. The van der Waals surface area contributed by atoms with Gasteiger partial charge < -0.3 is 19.6 Å².